The van der Waals surface area contributed by atoms with Gasteiger partial charge in [0.25, 0.3) is 0 Å². The van der Waals surface area contributed by atoms with E-state index in [1.807, 2.05) is 37.3 Å². The topological polar surface area (TPSA) is 38.3 Å². The first-order valence-corrected chi connectivity index (χ1v) is 5.93. The summed E-state index contributed by atoms with van der Waals surface area (Å²) in [6, 6.07) is 9.85. The molecule has 0 spiro atoms. The average Bonchev–Trinajstić information content (AvgIpc) is 2.26. The quantitative estimate of drug-likeness (QED) is 0.687. The minimum absolute atomic E-state index is 0.0146. The van der Waals surface area contributed by atoms with Crippen LogP contribution in [0.1, 0.15) is 18.5 Å². The molecule has 0 unspecified atom stereocenters. The molecule has 82 valence electrons. The van der Waals surface area contributed by atoms with E-state index in [9.17, 15) is 4.79 Å². The van der Waals surface area contributed by atoms with Crippen molar-refractivity contribution >= 4 is 28.7 Å². The van der Waals surface area contributed by atoms with E-state index in [-0.39, 0.29) is 6.04 Å². The van der Waals surface area contributed by atoms with Crippen molar-refractivity contribution < 1.29 is 9.53 Å². The summed E-state index contributed by atoms with van der Waals surface area (Å²) in [7, 11) is 1.37. The smallest absolute Gasteiger partial charge is 0.407 e. The Hall–Kier alpha value is -0.780. The fourth-order valence-corrected chi connectivity index (χ4v) is 1.90. The van der Waals surface area contributed by atoms with Gasteiger partial charge in [0.1, 0.15) is 0 Å². The SMILES string of the molecule is COC(=O)N[C@@H](c1ccccc1)[C@@H](C)I. The Morgan fingerprint density at radius 2 is 2.00 bits per heavy atom. The van der Waals surface area contributed by atoms with Crippen LogP contribution in [0.5, 0.6) is 0 Å². The lowest BCUT2D eigenvalue weighted by Crippen LogP contribution is -2.32. The standard InChI is InChI=1S/C11H14INO2/c1-8(12)10(13-11(14)15-2)9-6-4-3-5-7-9/h3-8,10H,1-2H3,(H,13,14)/t8-,10-/m1/s1. The summed E-state index contributed by atoms with van der Waals surface area (Å²) >= 11 is 2.29. The maximum atomic E-state index is 11.2. The van der Waals surface area contributed by atoms with Crippen LogP contribution in [0, 0.1) is 0 Å². The van der Waals surface area contributed by atoms with Crippen molar-refractivity contribution in [2.75, 3.05) is 7.11 Å². The van der Waals surface area contributed by atoms with Crippen LogP contribution in [0.3, 0.4) is 0 Å². The molecule has 0 bridgehead atoms. The Labute approximate surface area is 103 Å². The summed E-state index contributed by atoms with van der Waals surface area (Å²) in [4.78, 5) is 11.2. The first-order valence-electron chi connectivity index (χ1n) is 4.68. The number of halogens is 1. The van der Waals surface area contributed by atoms with Gasteiger partial charge >= 0.3 is 6.09 Å². The van der Waals surface area contributed by atoms with Gasteiger partial charge in [0.05, 0.1) is 13.2 Å². The van der Waals surface area contributed by atoms with Crippen LogP contribution in [0.25, 0.3) is 0 Å². The molecule has 2 atom stereocenters. The van der Waals surface area contributed by atoms with Gasteiger partial charge in [0.2, 0.25) is 0 Å². The number of hydrogen-bond donors (Lipinski definition) is 1. The molecule has 1 amide bonds. The molecule has 1 N–H and O–H groups in total. The van der Waals surface area contributed by atoms with E-state index in [4.69, 9.17) is 0 Å². The molecule has 0 fully saturated rings. The third-order valence-electron chi connectivity index (χ3n) is 2.08. The van der Waals surface area contributed by atoms with E-state index < -0.39 is 6.09 Å². The Bertz CT molecular complexity index is 314. The lowest BCUT2D eigenvalue weighted by molar-refractivity contribution is 0.166. The van der Waals surface area contributed by atoms with Gasteiger partial charge in [-0.3, -0.25) is 0 Å². The monoisotopic (exact) mass is 319 g/mol. The molecule has 0 aliphatic rings. The van der Waals surface area contributed by atoms with Crippen LogP contribution in [-0.2, 0) is 4.74 Å². The van der Waals surface area contributed by atoms with Crippen molar-refractivity contribution in [3.05, 3.63) is 35.9 Å². The van der Waals surface area contributed by atoms with Crippen molar-refractivity contribution in [2.45, 2.75) is 16.9 Å². The molecule has 0 saturated carbocycles. The second-order valence-corrected chi connectivity index (χ2v) is 5.17. The summed E-state index contributed by atoms with van der Waals surface area (Å²) < 4.78 is 4.89. The third kappa shape index (κ3) is 3.70. The second kappa shape index (κ2) is 5.95. The van der Waals surface area contributed by atoms with Gasteiger partial charge in [-0.05, 0) is 5.56 Å². The number of alkyl halides is 1. The third-order valence-corrected chi connectivity index (χ3v) is 2.80. The van der Waals surface area contributed by atoms with Gasteiger partial charge in [0.15, 0.2) is 0 Å². The average molecular weight is 319 g/mol. The lowest BCUT2D eigenvalue weighted by Gasteiger charge is -2.20. The van der Waals surface area contributed by atoms with Crippen molar-refractivity contribution in [3.63, 3.8) is 0 Å². The van der Waals surface area contributed by atoms with E-state index in [1.54, 1.807) is 0 Å². The fourth-order valence-electron chi connectivity index (χ4n) is 1.31. The van der Waals surface area contributed by atoms with Crippen molar-refractivity contribution in [2.24, 2.45) is 0 Å². The fraction of sp³-hybridized carbons (Fsp3) is 0.364. The van der Waals surface area contributed by atoms with Gasteiger partial charge in [-0.15, -0.1) is 0 Å². The highest BCUT2D eigenvalue weighted by molar-refractivity contribution is 14.1. The first-order chi connectivity index (χ1) is 7.15. The number of ether oxygens (including phenoxy) is 1. The highest BCUT2D eigenvalue weighted by Crippen LogP contribution is 2.22. The van der Waals surface area contributed by atoms with Crippen LogP contribution >= 0.6 is 22.6 Å². The number of hydrogen-bond acceptors (Lipinski definition) is 2. The van der Waals surface area contributed by atoms with E-state index in [2.05, 4.69) is 32.6 Å². The van der Waals surface area contributed by atoms with E-state index in [0.717, 1.165) is 5.56 Å². The molecule has 1 aromatic rings. The summed E-state index contributed by atoms with van der Waals surface area (Å²) in [6.45, 7) is 2.05. The number of benzene rings is 1. The summed E-state index contributed by atoms with van der Waals surface area (Å²) in [5.74, 6) is 0. The molecule has 1 rings (SSSR count). The van der Waals surface area contributed by atoms with Crippen LogP contribution < -0.4 is 5.32 Å². The van der Waals surface area contributed by atoms with Gasteiger partial charge in [-0.1, -0.05) is 59.8 Å². The maximum Gasteiger partial charge on any atom is 0.407 e. The lowest BCUT2D eigenvalue weighted by atomic mass is 10.1. The number of rotatable bonds is 3. The van der Waals surface area contributed by atoms with Gasteiger partial charge in [-0.2, -0.15) is 0 Å². The largest absolute Gasteiger partial charge is 0.453 e. The Kier molecular flexibility index (Phi) is 4.87. The predicted octanol–water partition coefficient (Wildman–Crippen LogP) is 2.91. The van der Waals surface area contributed by atoms with E-state index >= 15 is 0 Å². The molecule has 0 radical (unpaired) electrons. The van der Waals surface area contributed by atoms with Gasteiger partial charge < -0.3 is 10.1 Å². The molecule has 0 heterocycles. The first kappa shape index (κ1) is 12.3. The number of carbonyl (C=O) groups excluding carboxylic acids is 1. The molecular formula is C11H14INO2. The number of carbonyl (C=O) groups is 1. The zero-order chi connectivity index (χ0) is 11.3. The van der Waals surface area contributed by atoms with Crippen molar-refractivity contribution in [3.8, 4) is 0 Å². The van der Waals surface area contributed by atoms with Crippen LogP contribution in [0.2, 0.25) is 0 Å². The number of amides is 1. The van der Waals surface area contributed by atoms with Crippen LogP contribution in [0.4, 0.5) is 4.79 Å². The zero-order valence-electron chi connectivity index (χ0n) is 8.74. The van der Waals surface area contributed by atoms with Crippen molar-refractivity contribution in [1.29, 1.82) is 0 Å². The van der Waals surface area contributed by atoms with Crippen LogP contribution in [0.15, 0.2) is 30.3 Å². The highest BCUT2D eigenvalue weighted by atomic mass is 127. The zero-order valence-corrected chi connectivity index (χ0v) is 10.9. The van der Waals surface area contributed by atoms with E-state index in [1.165, 1.54) is 7.11 Å². The maximum absolute atomic E-state index is 11.2. The minimum atomic E-state index is -0.396. The molecule has 0 aliphatic heterocycles. The molecule has 4 heteroatoms. The normalized spacial score (nSPS) is 14.1. The highest BCUT2D eigenvalue weighted by Gasteiger charge is 2.18. The number of nitrogens with one attached hydrogen (secondary N) is 1. The van der Waals surface area contributed by atoms with Crippen LogP contribution in [-0.4, -0.2) is 17.1 Å². The molecule has 15 heavy (non-hydrogen) atoms. The Balaban J connectivity index is 2.79. The summed E-state index contributed by atoms with van der Waals surface area (Å²) in [5, 5.41) is 2.81. The number of alkyl carbamates (subject to hydrolysis) is 1. The molecule has 0 aliphatic carbocycles. The minimum Gasteiger partial charge on any atom is -0.453 e. The molecule has 0 saturated heterocycles. The molecular weight excluding hydrogens is 305 g/mol. The Morgan fingerprint density at radius 3 is 2.47 bits per heavy atom. The molecule has 1 aromatic carbocycles. The van der Waals surface area contributed by atoms with Gasteiger partial charge in [-0.25, -0.2) is 4.79 Å². The Morgan fingerprint density at radius 1 is 1.40 bits per heavy atom. The second-order valence-electron chi connectivity index (χ2n) is 3.20. The predicted molar refractivity (Wildman–Crippen MR) is 68.2 cm³/mol. The van der Waals surface area contributed by atoms with Crippen molar-refractivity contribution in [1.82, 2.24) is 5.32 Å². The summed E-state index contributed by atoms with van der Waals surface area (Å²) in [6.07, 6.45) is -0.396. The van der Waals surface area contributed by atoms with Gasteiger partial charge in [0, 0.05) is 3.92 Å². The molecule has 3 nitrogen and oxygen atoms in total. The molecule has 0 aromatic heterocycles. The van der Waals surface area contributed by atoms with E-state index in [0.29, 0.717) is 3.92 Å². The number of methoxy groups -OCH3 is 1. The summed E-state index contributed by atoms with van der Waals surface area (Å²) in [5.41, 5.74) is 1.09.